The molecule has 87 valence electrons. The van der Waals surface area contributed by atoms with Crippen molar-refractivity contribution in [2.24, 2.45) is 0 Å². The molecule has 17 heavy (non-hydrogen) atoms. The van der Waals surface area contributed by atoms with Crippen LogP contribution in [0.3, 0.4) is 0 Å². The molecular formula is C16H17O. The van der Waals surface area contributed by atoms with Crippen molar-refractivity contribution in [3.05, 3.63) is 58.7 Å². The van der Waals surface area contributed by atoms with E-state index in [9.17, 15) is 5.11 Å². The molecule has 2 aromatic carbocycles. The topological polar surface area (TPSA) is 19.9 Å². The van der Waals surface area contributed by atoms with Gasteiger partial charge in [-0.1, -0.05) is 36.4 Å². The number of benzene rings is 2. The van der Waals surface area contributed by atoms with Crippen molar-refractivity contribution in [2.75, 3.05) is 0 Å². The third kappa shape index (κ3) is 2.11. The summed E-state index contributed by atoms with van der Waals surface area (Å²) >= 11 is 0. The fourth-order valence-electron chi connectivity index (χ4n) is 2.35. The van der Waals surface area contributed by atoms with Crippen LogP contribution in [0.5, 0.6) is 0 Å². The van der Waals surface area contributed by atoms with E-state index in [-0.39, 0.29) is 6.61 Å². The highest BCUT2D eigenvalue weighted by Gasteiger charge is 2.10. The molecule has 0 bridgehead atoms. The van der Waals surface area contributed by atoms with Crippen LogP contribution in [0.1, 0.15) is 22.3 Å². The SMILES string of the molecule is Cc1cccc(C)c1-c1cccc(C[O])c1C. The smallest absolute Gasteiger partial charge is 0.108 e. The fourth-order valence-corrected chi connectivity index (χ4v) is 2.35. The second kappa shape index (κ2) is 4.72. The van der Waals surface area contributed by atoms with Gasteiger partial charge in [-0.3, -0.25) is 0 Å². The summed E-state index contributed by atoms with van der Waals surface area (Å²) in [7, 11) is 0. The van der Waals surface area contributed by atoms with Gasteiger partial charge in [0, 0.05) is 0 Å². The van der Waals surface area contributed by atoms with Crippen molar-refractivity contribution in [1.82, 2.24) is 0 Å². The molecule has 0 saturated carbocycles. The highest BCUT2D eigenvalue weighted by atomic mass is 16.3. The molecule has 0 unspecified atom stereocenters. The first-order valence-corrected chi connectivity index (χ1v) is 5.88. The standard InChI is InChI=1S/C16H17O/c1-11-6-4-7-12(2)16(11)15-9-5-8-14(10-17)13(15)3/h4-9H,10H2,1-3H3. The van der Waals surface area contributed by atoms with Gasteiger partial charge in [0.1, 0.15) is 6.61 Å². The van der Waals surface area contributed by atoms with Crippen LogP contribution in [0.25, 0.3) is 11.1 Å². The first-order chi connectivity index (χ1) is 8.15. The summed E-state index contributed by atoms with van der Waals surface area (Å²) < 4.78 is 0. The van der Waals surface area contributed by atoms with E-state index in [1.807, 2.05) is 19.1 Å². The average molecular weight is 225 g/mol. The summed E-state index contributed by atoms with van der Waals surface area (Å²) in [4.78, 5) is 0. The molecule has 1 radical (unpaired) electrons. The Balaban J connectivity index is 2.69. The molecule has 0 atom stereocenters. The number of hydrogen-bond acceptors (Lipinski definition) is 0. The summed E-state index contributed by atoms with van der Waals surface area (Å²) in [5.74, 6) is 0. The van der Waals surface area contributed by atoms with Crippen molar-refractivity contribution in [3.8, 4) is 11.1 Å². The Morgan fingerprint density at radius 2 is 1.47 bits per heavy atom. The summed E-state index contributed by atoms with van der Waals surface area (Å²) in [6.45, 7) is 6.12. The van der Waals surface area contributed by atoms with Crippen molar-refractivity contribution < 1.29 is 5.11 Å². The lowest BCUT2D eigenvalue weighted by molar-refractivity contribution is 0.177. The minimum atomic E-state index is -0.148. The van der Waals surface area contributed by atoms with Gasteiger partial charge < -0.3 is 0 Å². The van der Waals surface area contributed by atoms with Gasteiger partial charge in [-0.05, 0) is 54.2 Å². The predicted octanol–water partition coefficient (Wildman–Crippen LogP) is 4.21. The molecule has 2 aromatic rings. The molecule has 0 amide bonds. The van der Waals surface area contributed by atoms with Crippen LogP contribution < -0.4 is 0 Å². The van der Waals surface area contributed by atoms with Gasteiger partial charge in [-0.15, -0.1) is 0 Å². The lowest BCUT2D eigenvalue weighted by Gasteiger charge is -2.14. The molecule has 0 aromatic heterocycles. The van der Waals surface area contributed by atoms with Gasteiger partial charge in [0.05, 0.1) is 0 Å². The summed E-state index contributed by atoms with van der Waals surface area (Å²) in [5, 5.41) is 11.1. The first kappa shape index (κ1) is 11.9. The maximum absolute atomic E-state index is 11.1. The third-order valence-corrected chi connectivity index (χ3v) is 3.35. The fraction of sp³-hybridized carbons (Fsp3) is 0.250. The van der Waals surface area contributed by atoms with E-state index in [0.717, 1.165) is 11.1 Å². The van der Waals surface area contributed by atoms with Crippen LogP contribution in [-0.2, 0) is 11.7 Å². The Morgan fingerprint density at radius 1 is 0.882 bits per heavy atom. The van der Waals surface area contributed by atoms with Crippen molar-refractivity contribution in [1.29, 1.82) is 0 Å². The molecule has 1 nitrogen and oxygen atoms in total. The van der Waals surface area contributed by atoms with Crippen molar-refractivity contribution in [3.63, 3.8) is 0 Å². The zero-order valence-electron chi connectivity index (χ0n) is 10.6. The monoisotopic (exact) mass is 225 g/mol. The highest BCUT2D eigenvalue weighted by molar-refractivity contribution is 5.74. The summed E-state index contributed by atoms with van der Waals surface area (Å²) in [6, 6.07) is 12.3. The van der Waals surface area contributed by atoms with Gasteiger partial charge in [0.2, 0.25) is 0 Å². The maximum Gasteiger partial charge on any atom is 0.108 e. The minimum Gasteiger partial charge on any atom is -0.232 e. The van der Waals surface area contributed by atoms with Gasteiger partial charge in [0.25, 0.3) is 0 Å². The van der Waals surface area contributed by atoms with Crippen LogP contribution in [-0.4, -0.2) is 0 Å². The Hall–Kier alpha value is -1.60. The van der Waals surface area contributed by atoms with Crippen LogP contribution in [0.4, 0.5) is 0 Å². The molecule has 2 rings (SSSR count). The Labute approximate surface area is 103 Å². The molecule has 0 N–H and O–H groups in total. The van der Waals surface area contributed by atoms with E-state index in [0.29, 0.717) is 0 Å². The Morgan fingerprint density at radius 3 is 2.06 bits per heavy atom. The van der Waals surface area contributed by atoms with Crippen LogP contribution in [0.2, 0.25) is 0 Å². The van der Waals surface area contributed by atoms with Gasteiger partial charge in [-0.2, -0.15) is 0 Å². The van der Waals surface area contributed by atoms with Gasteiger partial charge in [-0.25, -0.2) is 5.11 Å². The molecule has 0 spiro atoms. The average Bonchev–Trinajstić information content (AvgIpc) is 2.31. The molecular weight excluding hydrogens is 208 g/mol. The van der Waals surface area contributed by atoms with E-state index >= 15 is 0 Å². The normalized spacial score (nSPS) is 10.6. The van der Waals surface area contributed by atoms with E-state index in [1.54, 1.807) is 0 Å². The van der Waals surface area contributed by atoms with Crippen LogP contribution >= 0.6 is 0 Å². The Bertz CT molecular complexity index is 521. The van der Waals surface area contributed by atoms with E-state index in [4.69, 9.17) is 0 Å². The molecule has 0 aliphatic rings. The van der Waals surface area contributed by atoms with Crippen molar-refractivity contribution >= 4 is 0 Å². The lowest BCUT2D eigenvalue weighted by atomic mass is 9.91. The Kier molecular flexibility index (Phi) is 3.30. The second-order valence-electron chi connectivity index (χ2n) is 4.50. The number of hydrogen-bond donors (Lipinski definition) is 0. The zero-order valence-corrected chi connectivity index (χ0v) is 10.6. The van der Waals surface area contributed by atoms with Crippen LogP contribution in [0, 0.1) is 20.8 Å². The van der Waals surface area contributed by atoms with E-state index in [2.05, 4.69) is 38.1 Å². The highest BCUT2D eigenvalue weighted by Crippen LogP contribution is 2.31. The molecule has 1 heteroatoms. The molecule has 0 aliphatic carbocycles. The van der Waals surface area contributed by atoms with Gasteiger partial charge in [0.15, 0.2) is 0 Å². The molecule has 0 fully saturated rings. The maximum atomic E-state index is 11.1. The quantitative estimate of drug-likeness (QED) is 0.729. The zero-order chi connectivity index (χ0) is 12.4. The largest absolute Gasteiger partial charge is 0.232 e. The lowest BCUT2D eigenvalue weighted by Crippen LogP contribution is -1.94. The first-order valence-electron chi connectivity index (χ1n) is 5.88. The molecule has 0 heterocycles. The van der Waals surface area contributed by atoms with E-state index < -0.39 is 0 Å². The van der Waals surface area contributed by atoms with Crippen LogP contribution in [0.15, 0.2) is 36.4 Å². The number of rotatable bonds is 2. The summed E-state index contributed by atoms with van der Waals surface area (Å²) in [6.07, 6.45) is 0. The van der Waals surface area contributed by atoms with Gasteiger partial charge >= 0.3 is 0 Å². The van der Waals surface area contributed by atoms with Crippen molar-refractivity contribution in [2.45, 2.75) is 27.4 Å². The second-order valence-corrected chi connectivity index (χ2v) is 4.50. The summed E-state index contributed by atoms with van der Waals surface area (Å²) in [5.41, 5.74) is 6.98. The number of aryl methyl sites for hydroxylation is 2. The predicted molar refractivity (Wildman–Crippen MR) is 70.5 cm³/mol. The third-order valence-electron chi connectivity index (χ3n) is 3.35. The molecule has 0 saturated heterocycles. The minimum absolute atomic E-state index is 0.148. The molecule has 0 aliphatic heterocycles. The van der Waals surface area contributed by atoms with E-state index in [1.165, 1.54) is 22.3 Å².